The Kier molecular flexibility index (Phi) is 9.05. The average Bonchev–Trinajstić information content (AvgIpc) is 3.90. The molecule has 302 valence electrons. The van der Waals surface area contributed by atoms with Crippen molar-refractivity contribution < 1.29 is 4.42 Å². The van der Waals surface area contributed by atoms with E-state index in [0.717, 1.165) is 66.8 Å². The second kappa shape index (κ2) is 15.5. The van der Waals surface area contributed by atoms with Crippen LogP contribution in [0.1, 0.15) is 5.56 Å². The molecule has 0 saturated heterocycles. The van der Waals surface area contributed by atoms with E-state index in [9.17, 15) is 0 Å². The van der Waals surface area contributed by atoms with E-state index in [1.807, 2.05) is 6.07 Å². The Labute approximate surface area is 372 Å². The van der Waals surface area contributed by atoms with Crippen molar-refractivity contribution in [3.05, 3.63) is 236 Å². The Balaban J connectivity index is 1.01. The van der Waals surface area contributed by atoms with E-state index in [1.54, 1.807) is 0 Å². The van der Waals surface area contributed by atoms with Gasteiger partial charge in [0, 0.05) is 55.2 Å². The lowest BCUT2D eigenvalue weighted by Gasteiger charge is -2.19. The fourth-order valence-corrected chi connectivity index (χ4v) is 9.89. The standard InChI is InChI=1S/C61H42N2O/c1-40-43(30-19-31-44(40)46-23-6-5-22-45(46)41-20-3-2-4-21-41)42-38-53(61-54(39-42)52-29-12-18-37-60(52)64-61)48-25-8-14-33-56(48)62-55-32-13-7-24-47(55)49-26-9-15-34-57(49)63-58-35-16-10-27-50(58)51-28-11-17-36-59(51)63/h2-39,62H,1H3. The zero-order valence-electron chi connectivity index (χ0n) is 35.3. The molecule has 2 heterocycles. The Morgan fingerprint density at radius 1 is 0.344 bits per heavy atom. The summed E-state index contributed by atoms with van der Waals surface area (Å²) in [5.41, 5.74) is 20.0. The van der Waals surface area contributed by atoms with Crippen molar-refractivity contribution in [3.8, 4) is 61.3 Å². The maximum absolute atomic E-state index is 6.81. The van der Waals surface area contributed by atoms with Gasteiger partial charge in [-0.2, -0.15) is 0 Å². The number of furan rings is 1. The van der Waals surface area contributed by atoms with Crippen LogP contribution in [0.4, 0.5) is 11.4 Å². The molecule has 0 saturated carbocycles. The smallest absolute Gasteiger partial charge is 0.143 e. The van der Waals surface area contributed by atoms with Gasteiger partial charge in [-0.05, 0) is 94.4 Å². The van der Waals surface area contributed by atoms with Crippen molar-refractivity contribution >= 4 is 55.1 Å². The number of nitrogens with one attached hydrogen (secondary N) is 1. The first kappa shape index (κ1) is 37.4. The summed E-state index contributed by atoms with van der Waals surface area (Å²) in [6, 6.07) is 82.6. The molecule has 1 N–H and O–H groups in total. The minimum atomic E-state index is 0.868. The van der Waals surface area contributed by atoms with E-state index in [0.29, 0.717) is 0 Å². The van der Waals surface area contributed by atoms with Gasteiger partial charge in [-0.25, -0.2) is 0 Å². The summed E-state index contributed by atoms with van der Waals surface area (Å²) >= 11 is 0. The predicted octanol–water partition coefficient (Wildman–Crippen LogP) is 17.1. The zero-order chi connectivity index (χ0) is 42.6. The van der Waals surface area contributed by atoms with Crippen LogP contribution in [0.5, 0.6) is 0 Å². The summed E-state index contributed by atoms with van der Waals surface area (Å²) in [5, 5.41) is 8.63. The summed E-state index contributed by atoms with van der Waals surface area (Å²) in [6.45, 7) is 2.26. The van der Waals surface area contributed by atoms with Crippen LogP contribution in [0, 0.1) is 6.92 Å². The number of para-hydroxylation sites is 6. The largest absolute Gasteiger partial charge is 0.455 e. The number of hydrogen-bond acceptors (Lipinski definition) is 2. The summed E-state index contributed by atoms with van der Waals surface area (Å²) in [5.74, 6) is 0. The van der Waals surface area contributed by atoms with Gasteiger partial charge in [-0.15, -0.1) is 0 Å². The topological polar surface area (TPSA) is 30.1 Å². The molecule has 2 aromatic heterocycles. The van der Waals surface area contributed by atoms with Gasteiger partial charge >= 0.3 is 0 Å². The van der Waals surface area contributed by atoms with E-state index in [1.165, 1.54) is 55.2 Å². The number of nitrogens with zero attached hydrogens (tertiary/aromatic N) is 1. The van der Waals surface area contributed by atoms with Gasteiger partial charge < -0.3 is 14.3 Å². The van der Waals surface area contributed by atoms with Crippen LogP contribution in [0.25, 0.3) is 105 Å². The maximum atomic E-state index is 6.81. The highest BCUT2D eigenvalue weighted by atomic mass is 16.3. The van der Waals surface area contributed by atoms with Crippen molar-refractivity contribution in [1.82, 2.24) is 4.57 Å². The van der Waals surface area contributed by atoms with Gasteiger partial charge in [-0.3, -0.25) is 0 Å². The number of anilines is 2. The Morgan fingerprint density at radius 3 is 1.58 bits per heavy atom. The first-order valence-corrected chi connectivity index (χ1v) is 21.9. The zero-order valence-corrected chi connectivity index (χ0v) is 35.3. The third-order valence-corrected chi connectivity index (χ3v) is 12.9. The second-order valence-corrected chi connectivity index (χ2v) is 16.5. The van der Waals surface area contributed by atoms with Gasteiger partial charge in [0.15, 0.2) is 0 Å². The molecule has 12 rings (SSSR count). The van der Waals surface area contributed by atoms with E-state index in [4.69, 9.17) is 4.42 Å². The number of benzene rings is 10. The van der Waals surface area contributed by atoms with Crippen molar-refractivity contribution in [1.29, 1.82) is 0 Å². The van der Waals surface area contributed by atoms with Crippen LogP contribution < -0.4 is 5.32 Å². The summed E-state index contributed by atoms with van der Waals surface area (Å²) in [4.78, 5) is 0. The predicted molar refractivity (Wildman–Crippen MR) is 270 cm³/mol. The normalized spacial score (nSPS) is 11.5. The minimum absolute atomic E-state index is 0.868. The minimum Gasteiger partial charge on any atom is -0.455 e. The fraction of sp³-hybridized carbons (Fsp3) is 0.0164. The average molecular weight is 819 g/mol. The van der Waals surface area contributed by atoms with Crippen molar-refractivity contribution in [2.75, 3.05) is 5.32 Å². The molecule has 0 atom stereocenters. The molecule has 0 aliphatic heterocycles. The molecule has 64 heavy (non-hydrogen) atoms. The van der Waals surface area contributed by atoms with Crippen LogP contribution in [0.3, 0.4) is 0 Å². The molecule has 0 bridgehead atoms. The molecule has 0 unspecified atom stereocenters. The van der Waals surface area contributed by atoms with Gasteiger partial charge in [0.05, 0.1) is 16.7 Å². The first-order chi connectivity index (χ1) is 31.7. The molecule has 3 heteroatoms. The van der Waals surface area contributed by atoms with Crippen molar-refractivity contribution in [3.63, 3.8) is 0 Å². The van der Waals surface area contributed by atoms with Crippen molar-refractivity contribution in [2.45, 2.75) is 6.92 Å². The number of fused-ring (bicyclic) bond motifs is 6. The SMILES string of the molecule is Cc1c(-c2cc(-c3ccccc3Nc3ccccc3-c3ccccc3-n3c4ccccc4c4ccccc43)c3oc4ccccc4c3c2)cccc1-c1ccccc1-c1ccccc1. The third kappa shape index (κ3) is 6.20. The number of hydrogen-bond donors (Lipinski definition) is 1. The van der Waals surface area contributed by atoms with E-state index in [2.05, 4.69) is 241 Å². The monoisotopic (exact) mass is 818 g/mol. The molecule has 0 fully saturated rings. The highest BCUT2D eigenvalue weighted by Crippen LogP contribution is 2.46. The van der Waals surface area contributed by atoms with E-state index in [-0.39, 0.29) is 0 Å². The molecule has 0 aliphatic rings. The summed E-state index contributed by atoms with van der Waals surface area (Å²) < 4.78 is 9.22. The van der Waals surface area contributed by atoms with E-state index >= 15 is 0 Å². The summed E-state index contributed by atoms with van der Waals surface area (Å²) in [7, 11) is 0. The van der Waals surface area contributed by atoms with Gasteiger partial charge in [0.25, 0.3) is 0 Å². The summed E-state index contributed by atoms with van der Waals surface area (Å²) in [6.07, 6.45) is 0. The Bertz CT molecular complexity index is 3670. The quantitative estimate of drug-likeness (QED) is 0.166. The van der Waals surface area contributed by atoms with Crippen LogP contribution in [-0.2, 0) is 0 Å². The fourth-order valence-electron chi connectivity index (χ4n) is 9.89. The van der Waals surface area contributed by atoms with Crippen LogP contribution in [0.15, 0.2) is 235 Å². The Morgan fingerprint density at radius 2 is 0.859 bits per heavy atom. The molecule has 0 radical (unpaired) electrons. The lowest BCUT2D eigenvalue weighted by atomic mass is 9.87. The van der Waals surface area contributed by atoms with Crippen LogP contribution >= 0.6 is 0 Å². The van der Waals surface area contributed by atoms with Crippen LogP contribution in [-0.4, -0.2) is 4.57 Å². The lowest BCUT2D eigenvalue weighted by molar-refractivity contribution is 0.670. The maximum Gasteiger partial charge on any atom is 0.143 e. The Hall–Kier alpha value is -8.40. The van der Waals surface area contributed by atoms with Gasteiger partial charge in [-0.1, -0.05) is 182 Å². The molecule has 0 amide bonds. The third-order valence-electron chi connectivity index (χ3n) is 12.9. The number of rotatable bonds is 8. The van der Waals surface area contributed by atoms with Crippen molar-refractivity contribution in [2.24, 2.45) is 0 Å². The molecule has 0 aliphatic carbocycles. The molecular formula is C61H42N2O. The molecule has 0 spiro atoms. The highest BCUT2D eigenvalue weighted by molar-refractivity contribution is 6.13. The van der Waals surface area contributed by atoms with Gasteiger partial charge in [0.1, 0.15) is 11.2 Å². The molecule has 10 aromatic carbocycles. The number of aromatic nitrogens is 1. The lowest BCUT2D eigenvalue weighted by Crippen LogP contribution is -2.00. The highest BCUT2D eigenvalue weighted by Gasteiger charge is 2.21. The first-order valence-electron chi connectivity index (χ1n) is 21.9. The van der Waals surface area contributed by atoms with E-state index < -0.39 is 0 Å². The second-order valence-electron chi connectivity index (χ2n) is 16.5. The molecule has 3 nitrogen and oxygen atoms in total. The molecular weight excluding hydrogens is 777 g/mol. The van der Waals surface area contributed by atoms with Crippen LogP contribution in [0.2, 0.25) is 0 Å². The molecule has 12 aromatic rings. The van der Waals surface area contributed by atoms with Gasteiger partial charge in [0.2, 0.25) is 0 Å².